The van der Waals surface area contributed by atoms with Gasteiger partial charge >= 0.3 is 0 Å². The van der Waals surface area contributed by atoms with Crippen LogP contribution in [-0.4, -0.2) is 22.8 Å². The van der Waals surface area contributed by atoms with E-state index in [9.17, 15) is 5.11 Å². The number of aliphatic hydroxyl groups is 1. The molecule has 0 aliphatic carbocycles. The van der Waals surface area contributed by atoms with Crippen LogP contribution in [0.25, 0.3) is 0 Å². The quantitative estimate of drug-likeness (QED) is 0.857. The molecule has 98 valence electrons. The van der Waals surface area contributed by atoms with Gasteiger partial charge in [-0.25, -0.2) is 0 Å². The van der Waals surface area contributed by atoms with Crippen molar-refractivity contribution < 1.29 is 5.11 Å². The lowest BCUT2D eigenvalue weighted by atomic mass is 9.82. The van der Waals surface area contributed by atoms with E-state index in [-0.39, 0.29) is 0 Å². The topological polar surface area (TPSA) is 32.3 Å². The van der Waals surface area contributed by atoms with E-state index in [0.29, 0.717) is 12.1 Å². The zero-order chi connectivity index (χ0) is 12.6. The van der Waals surface area contributed by atoms with Gasteiger partial charge in [-0.15, -0.1) is 0 Å². The molecular weight excluding hydrogens is 222 g/mol. The fraction of sp³-hybridized carbons (Fsp3) is 0.625. The van der Waals surface area contributed by atoms with Crippen molar-refractivity contribution in [2.24, 2.45) is 0 Å². The van der Waals surface area contributed by atoms with Gasteiger partial charge in [0.2, 0.25) is 0 Å². The third-order valence-corrected chi connectivity index (χ3v) is 4.55. The van der Waals surface area contributed by atoms with E-state index in [1.807, 2.05) is 0 Å². The average molecular weight is 245 g/mol. The molecule has 0 saturated carbocycles. The van der Waals surface area contributed by atoms with Crippen LogP contribution in [0.4, 0.5) is 0 Å². The summed E-state index contributed by atoms with van der Waals surface area (Å²) in [5.74, 6) is 0. The first-order valence-corrected chi connectivity index (χ1v) is 7.23. The Balaban J connectivity index is 1.70. The summed E-state index contributed by atoms with van der Waals surface area (Å²) in [7, 11) is 0. The summed E-state index contributed by atoms with van der Waals surface area (Å²) in [5.41, 5.74) is 2.16. The molecule has 1 aromatic rings. The predicted molar refractivity (Wildman–Crippen MR) is 73.7 cm³/mol. The largest absolute Gasteiger partial charge is 0.389 e. The lowest BCUT2D eigenvalue weighted by molar-refractivity contribution is -0.00608. The highest BCUT2D eigenvalue weighted by molar-refractivity contribution is 5.24. The third-order valence-electron chi connectivity index (χ3n) is 4.55. The van der Waals surface area contributed by atoms with Crippen molar-refractivity contribution in [1.82, 2.24) is 5.32 Å². The lowest BCUT2D eigenvalue weighted by Crippen LogP contribution is -2.49. The molecule has 2 bridgehead atoms. The Bertz CT molecular complexity index is 400. The minimum atomic E-state index is -0.481. The second kappa shape index (κ2) is 4.67. The Morgan fingerprint density at radius 1 is 1.11 bits per heavy atom. The maximum atomic E-state index is 10.8. The van der Waals surface area contributed by atoms with E-state index in [1.54, 1.807) is 0 Å². The van der Waals surface area contributed by atoms with E-state index in [2.05, 4.69) is 36.5 Å². The Labute approximate surface area is 109 Å². The van der Waals surface area contributed by atoms with E-state index < -0.39 is 5.60 Å². The lowest BCUT2D eigenvalue weighted by Gasteiger charge is -2.37. The van der Waals surface area contributed by atoms with E-state index >= 15 is 0 Å². The molecule has 18 heavy (non-hydrogen) atoms. The van der Waals surface area contributed by atoms with Gasteiger partial charge in [0.15, 0.2) is 0 Å². The molecule has 2 aliphatic rings. The van der Waals surface area contributed by atoms with Crippen molar-refractivity contribution in [2.45, 2.75) is 63.1 Å². The molecule has 2 aliphatic heterocycles. The monoisotopic (exact) mass is 245 g/mol. The fourth-order valence-corrected chi connectivity index (χ4v) is 3.64. The maximum Gasteiger partial charge on any atom is 0.0717 e. The number of aryl methyl sites for hydroxylation is 1. The van der Waals surface area contributed by atoms with Gasteiger partial charge in [-0.1, -0.05) is 31.2 Å². The normalized spacial score (nSPS) is 34.8. The van der Waals surface area contributed by atoms with Crippen LogP contribution in [0.1, 0.15) is 43.7 Å². The van der Waals surface area contributed by atoms with Crippen molar-refractivity contribution in [1.29, 1.82) is 0 Å². The summed E-state index contributed by atoms with van der Waals surface area (Å²) in [6.45, 7) is 2.17. The van der Waals surface area contributed by atoms with Crippen molar-refractivity contribution in [3.8, 4) is 0 Å². The number of nitrogens with one attached hydrogen (secondary N) is 1. The van der Waals surface area contributed by atoms with Crippen molar-refractivity contribution in [3.05, 3.63) is 35.4 Å². The molecular formula is C16H23NO. The minimum Gasteiger partial charge on any atom is -0.389 e. The average Bonchev–Trinajstić information content (AvgIpc) is 2.70. The smallest absolute Gasteiger partial charge is 0.0717 e. The molecule has 0 amide bonds. The molecule has 3 rings (SSSR count). The number of rotatable bonds is 3. The van der Waals surface area contributed by atoms with Crippen LogP contribution in [0.5, 0.6) is 0 Å². The number of piperidine rings is 1. The zero-order valence-corrected chi connectivity index (χ0v) is 11.2. The Kier molecular flexibility index (Phi) is 3.16. The second-order valence-electron chi connectivity index (χ2n) is 6.12. The van der Waals surface area contributed by atoms with Gasteiger partial charge in [-0.2, -0.15) is 0 Å². The van der Waals surface area contributed by atoms with Gasteiger partial charge in [0, 0.05) is 18.5 Å². The highest BCUT2D eigenvalue weighted by Crippen LogP contribution is 2.36. The van der Waals surface area contributed by atoms with Crippen molar-refractivity contribution >= 4 is 0 Å². The van der Waals surface area contributed by atoms with Crippen LogP contribution in [0.15, 0.2) is 24.3 Å². The van der Waals surface area contributed by atoms with Crippen LogP contribution in [-0.2, 0) is 12.8 Å². The number of fused-ring (bicyclic) bond motifs is 2. The van der Waals surface area contributed by atoms with Gasteiger partial charge in [0.05, 0.1) is 5.60 Å². The second-order valence-corrected chi connectivity index (χ2v) is 6.12. The minimum absolute atomic E-state index is 0.481. The highest BCUT2D eigenvalue weighted by atomic mass is 16.3. The Morgan fingerprint density at radius 3 is 2.22 bits per heavy atom. The summed E-state index contributed by atoms with van der Waals surface area (Å²) in [6, 6.07) is 9.83. The van der Waals surface area contributed by atoms with Crippen molar-refractivity contribution in [2.75, 3.05) is 0 Å². The molecule has 0 aromatic heterocycles. The SMILES string of the molecule is CCc1ccc(CC2(O)CC3CCC(C2)N3)cc1. The molecule has 2 N–H and O–H groups in total. The van der Waals surface area contributed by atoms with Gasteiger partial charge in [-0.3, -0.25) is 0 Å². The van der Waals surface area contributed by atoms with E-state index in [0.717, 1.165) is 25.7 Å². The molecule has 2 atom stereocenters. The standard InChI is InChI=1S/C16H23NO/c1-2-12-3-5-13(6-4-12)9-16(18)10-14-7-8-15(11-16)17-14/h3-6,14-15,17-18H,2,7-11H2,1H3. The van der Waals surface area contributed by atoms with Crippen LogP contribution < -0.4 is 5.32 Å². The molecule has 2 heterocycles. The number of hydrogen-bond donors (Lipinski definition) is 2. The molecule has 2 heteroatoms. The predicted octanol–water partition coefficient (Wildman–Crippen LogP) is 2.44. The molecule has 2 nitrogen and oxygen atoms in total. The Morgan fingerprint density at radius 2 is 1.67 bits per heavy atom. The van der Waals surface area contributed by atoms with Crippen LogP contribution in [0.2, 0.25) is 0 Å². The molecule has 0 radical (unpaired) electrons. The van der Waals surface area contributed by atoms with Crippen LogP contribution >= 0.6 is 0 Å². The first-order valence-electron chi connectivity index (χ1n) is 7.23. The van der Waals surface area contributed by atoms with E-state index in [1.165, 1.54) is 24.0 Å². The van der Waals surface area contributed by atoms with Crippen molar-refractivity contribution in [3.63, 3.8) is 0 Å². The number of hydrogen-bond acceptors (Lipinski definition) is 2. The fourth-order valence-electron chi connectivity index (χ4n) is 3.64. The first kappa shape index (κ1) is 12.2. The van der Waals surface area contributed by atoms with Crippen LogP contribution in [0, 0.1) is 0 Å². The summed E-state index contributed by atoms with van der Waals surface area (Å²) in [4.78, 5) is 0. The molecule has 0 spiro atoms. The highest BCUT2D eigenvalue weighted by Gasteiger charge is 2.42. The van der Waals surface area contributed by atoms with Gasteiger partial charge < -0.3 is 10.4 Å². The molecule has 2 saturated heterocycles. The van der Waals surface area contributed by atoms with Gasteiger partial charge in [0.1, 0.15) is 0 Å². The van der Waals surface area contributed by atoms with Crippen LogP contribution in [0.3, 0.4) is 0 Å². The summed E-state index contributed by atoms with van der Waals surface area (Å²) in [5, 5.41) is 14.4. The maximum absolute atomic E-state index is 10.8. The first-order chi connectivity index (χ1) is 8.67. The van der Waals surface area contributed by atoms with Gasteiger partial charge in [0.25, 0.3) is 0 Å². The summed E-state index contributed by atoms with van der Waals surface area (Å²) >= 11 is 0. The summed E-state index contributed by atoms with van der Waals surface area (Å²) in [6.07, 6.45) is 6.20. The zero-order valence-electron chi connectivity index (χ0n) is 11.2. The van der Waals surface area contributed by atoms with Gasteiger partial charge in [-0.05, 0) is 43.2 Å². The Hall–Kier alpha value is -0.860. The molecule has 2 fully saturated rings. The van der Waals surface area contributed by atoms with E-state index in [4.69, 9.17) is 0 Å². The molecule has 1 aromatic carbocycles. The summed E-state index contributed by atoms with van der Waals surface area (Å²) < 4.78 is 0. The third kappa shape index (κ3) is 2.45. The number of benzene rings is 1. The molecule has 2 unspecified atom stereocenters.